The van der Waals surface area contributed by atoms with Crippen LogP contribution in [-0.4, -0.2) is 48.9 Å². The van der Waals surface area contributed by atoms with E-state index in [1.165, 1.54) is 0 Å². The molecule has 1 aliphatic heterocycles. The number of alkyl halides is 3. The maximum atomic E-state index is 13.3. The van der Waals surface area contributed by atoms with E-state index >= 15 is 0 Å². The Morgan fingerprint density at radius 3 is 2.55 bits per heavy atom. The minimum atomic E-state index is -4.40. The van der Waals surface area contributed by atoms with Crippen LogP contribution in [0.3, 0.4) is 0 Å². The zero-order valence-corrected chi connectivity index (χ0v) is 24.8. The van der Waals surface area contributed by atoms with Gasteiger partial charge >= 0.3 is 6.18 Å². The monoisotopic (exact) mass is 604 g/mol. The molecule has 0 saturated heterocycles. The molecule has 0 spiro atoms. The van der Waals surface area contributed by atoms with Crippen molar-refractivity contribution >= 4 is 17.4 Å². The van der Waals surface area contributed by atoms with Crippen LogP contribution in [0.4, 0.5) is 19.0 Å². The molecule has 5 rings (SSSR count). The van der Waals surface area contributed by atoms with Crippen LogP contribution in [-0.2, 0) is 19.6 Å². The lowest BCUT2D eigenvalue weighted by molar-refractivity contribution is -0.143. The Labute approximate surface area is 246 Å². The van der Waals surface area contributed by atoms with E-state index in [-0.39, 0.29) is 13.2 Å². The fraction of sp³-hybridized carbons (Fsp3) is 0.448. The summed E-state index contributed by atoms with van der Waals surface area (Å²) in [6.07, 6.45) is -3.56. The molecule has 13 heteroatoms. The molecule has 0 bridgehead atoms. The Hall–Kier alpha value is -3.64. The van der Waals surface area contributed by atoms with Crippen LogP contribution in [0.25, 0.3) is 22.6 Å². The Bertz CT molecular complexity index is 1600. The van der Waals surface area contributed by atoms with Crippen LogP contribution >= 0.6 is 11.6 Å². The van der Waals surface area contributed by atoms with Crippen LogP contribution in [0.2, 0.25) is 5.02 Å². The number of aliphatic hydroxyl groups is 1. The summed E-state index contributed by atoms with van der Waals surface area (Å²) in [4.78, 5) is 11.7. The number of halogens is 4. The largest absolute Gasteiger partial charge is 0.491 e. The fourth-order valence-corrected chi connectivity index (χ4v) is 5.50. The Morgan fingerprint density at radius 1 is 1.12 bits per heavy atom. The number of benzene rings is 1. The number of aromatic nitrogens is 5. The molecule has 0 unspecified atom stereocenters. The lowest BCUT2D eigenvalue weighted by Gasteiger charge is -2.22. The Morgan fingerprint density at radius 2 is 1.88 bits per heavy atom. The summed E-state index contributed by atoms with van der Waals surface area (Å²) in [5, 5.41) is 18.8. The zero-order chi connectivity index (χ0) is 30.3. The first-order valence-electron chi connectivity index (χ1n) is 13.7. The minimum absolute atomic E-state index is 0.125. The Kier molecular flexibility index (Phi) is 8.21. The summed E-state index contributed by atoms with van der Waals surface area (Å²) < 4.78 is 52.2. The second-order valence-corrected chi connectivity index (χ2v) is 11.0. The van der Waals surface area contributed by atoms with Crippen molar-refractivity contribution in [3.63, 3.8) is 0 Å². The van der Waals surface area contributed by atoms with E-state index in [2.05, 4.69) is 10.3 Å². The first-order chi connectivity index (χ1) is 19.9. The topological polar surface area (TPSA) is 102 Å². The van der Waals surface area contributed by atoms with Crippen molar-refractivity contribution in [1.82, 2.24) is 24.9 Å². The number of aliphatic hydroxyl groups excluding tert-OH is 1. The predicted molar refractivity (Wildman–Crippen MR) is 152 cm³/mol. The highest BCUT2D eigenvalue weighted by molar-refractivity contribution is 6.33. The van der Waals surface area contributed by atoms with Gasteiger partial charge in [-0.1, -0.05) is 30.1 Å². The molecule has 4 aromatic rings. The second kappa shape index (κ2) is 11.6. The molecular formula is C29H32ClF3N6O3. The number of anilines is 1. The number of ether oxygens (including phenoxy) is 1. The molecule has 0 amide bonds. The van der Waals surface area contributed by atoms with Gasteiger partial charge in [-0.25, -0.2) is 9.97 Å². The summed E-state index contributed by atoms with van der Waals surface area (Å²) in [7, 11) is 0. The predicted octanol–water partition coefficient (Wildman–Crippen LogP) is 6.50. The van der Waals surface area contributed by atoms with Crippen LogP contribution < -0.4 is 9.64 Å². The van der Waals surface area contributed by atoms with Crippen molar-refractivity contribution in [2.75, 3.05) is 11.5 Å². The van der Waals surface area contributed by atoms with Crippen molar-refractivity contribution in [3.8, 4) is 28.4 Å². The van der Waals surface area contributed by atoms with Gasteiger partial charge in [-0.3, -0.25) is 4.68 Å². The lowest BCUT2D eigenvalue weighted by Crippen LogP contribution is -2.24. The normalized spacial score (nSPS) is 14.0. The molecule has 0 saturated carbocycles. The molecule has 3 aromatic heterocycles. The van der Waals surface area contributed by atoms with E-state index in [1.54, 1.807) is 32.0 Å². The van der Waals surface area contributed by atoms with Crippen molar-refractivity contribution in [2.45, 2.75) is 79.4 Å². The summed E-state index contributed by atoms with van der Waals surface area (Å²) in [6, 6.07) is 5.11. The van der Waals surface area contributed by atoms with Crippen LogP contribution in [0.5, 0.6) is 5.75 Å². The van der Waals surface area contributed by atoms with Gasteiger partial charge in [-0.2, -0.15) is 18.3 Å². The van der Waals surface area contributed by atoms with E-state index in [1.807, 2.05) is 25.7 Å². The number of hydrogen-bond donors (Lipinski definition) is 1. The number of hydrogen-bond acceptors (Lipinski definition) is 8. The Balaban J connectivity index is 1.59. The van der Waals surface area contributed by atoms with Gasteiger partial charge in [-0.05, 0) is 52.3 Å². The van der Waals surface area contributed by atoms with Crippen molar-refractivity contribution < 1.29 is 27.5 Å². The van der Waals surface area contributed by atoms with Gasteiger partial charge < -0.3 is 19.3 Å². The molecule has 42 heavy (non-hydrogen) atoms. The van der Waals surface area contributed by atoms with Crippen LogP contribution in [0.15, 0.2) is 22.7 Å². The molecule has 1 aromatic carbocycles. The number of fused-ring (bicyclic) bond motifs is 1. The van der Waals surface area contributed by atoms with Crippen molar-refractivity contribution in [3.05, 3.63) is 57.2 Å². The first-order valence-corrected chi connectivity index (χ1v) is 14.0. The van der Waals surface area contributed by atoms with E-state index in [9.17, 15) is 18.3 Å². The number of aryl methyl sites for hydroxylation is 3. The van der Waals surface area contributed by atoms with Gasteiger partial charge in [0.2, 0.25) is 0 Å². The van der Waals surface area contributed by atoms with Gasteiger partial charge in [0.15, 0.2) is 5.82 Å². The van der Waals surface area contributed by atoms with E-state index in [4.69, 9.17) is 30.8 Å². The van der Waals surface area contributed by atoms with Gasteiger partial charge in [0, 0.05) is 23.2 Å². The van der Waals surface area contributed by atoms with E-state index < -0.39 is 18.8 Å². The third kappa shape index (κ3) is 5.96. The molecule has 0 fully saturated rings. The minimum Gasteiger partial charge on any atom is -0.491 e. The highest BCUT2D eigenvalue weighted by Crippen LogP contribution is 2.39. The summed E-state index contributed by atoms with van der Waals surface area (Å²) in [5.74, 6) is 1.91. The molecule has 1 atom stereocenters. The van der Waals surface area contributed by atoms with Crippen LogP contribution in [0.1, 0.15) is 53.7 Å². The average Bonchev–Trinajstić information content (AvgIpc) is 3.58. The van der Waals surface area contributed by atoms with E-state index in [0.29, 0.717) is 75.0 Å². The highest BCUT2D eigenvalue weighted by atomic mass is 35.5. The van der Waals surface area contributed by atoms with E-state index in [0.717, 1.165) is 22.2 Å². The molecule has 9 nitrogen and oxygen atoms in total. The fourth-order valence-electron chi connectivity index (χ4n) is 5.30. The van der Waals surface area contributed by atoms with Crippen molar-refractivity contribution in [1.29, 1.82) is 0 Å². The summed E-state index contributed by atoms with van der Waals surface area (Å²) in [6.45, 7) is 8.67. The standard InChI is InChI=1S/C29H32ClF3N6O3/c1-6-7-19(40)13-41-20-8-9-23(30)21(10-20)27-34-26(25-17(4)37-42-18(25)5)15(2)28(35-27)38-11-22-16(3)36-39(24(22)12-38)14-29(31,32)33/h8-10,19,40H,6-7,11-14H2,1-5H3/t19-/m1/s1. The quantitative estimate of drug-likeness (QED) is 0.231. The smallest absolute Gasteiger partial charge is 0.408 e. The molecule has 0 aliphatic carbocycles. The third-order valence-electron chi connectivity index (χ3n) is 7.32. The van der Waals surface area contributed by atoms with Gasteiger partial charge in [-0.15, -0.1) is 0 Å². The number of nitrogens with zero attached hydrogens (tertiary/aromatic N) is 6. The molecule has 1 aliphatic rings. The molecular weight excluding hydrogens is 573 g/mol. The maximum Gasteiger partial charge on any atom is 0.408 e. The highest BCUT2D eigenvalue weighted by Gasteiger charge is 2.35. The maximum absolute atomic E-state index is 13.3. The lowest BCUT2D eigenvalue weighted by atomic mass is 10.0. The molecule has 0 radical (unpaired) electrons. The SMILES string of the molecule is CCC[C@@H](O)COc1ccc(Cl)c(-c2nc(-c3c(C)noc3C)c(C)c(N3Cc4c(C)nn(CC(F)(F)F)c4C3)n2)c1. The van der Waals surface area contributed by atoms with Gasteiger partial charge in [0.05, 0.1) is 46.0 Å². The van der Waals surface area contributed by atoms with Crippen molar-refractivity contribution in [2.24, 2.45) is 0 Å². The molecule has 1 N–H and O–H groups in total. The van der Waals surface area contributed by atoms with Gasteiger partial charge in [0.1, 0.15) is 30.5 Å². The summed E-state index contributed by atoms with van der Waals surface area (Å²) >= 11 is 6.65. The third-order valence-corrected chi connectivity index (χ3v) is 7.65. The molecule has 4 heterocycles. The number of rotatable bonds is 9. The molecule has 224 valence electrons. The first kappa shape index (κ1) is 29.8. The summed E-state index contributed by atoms with van der Waals surface area (Å²) in [5.41, 5.74) is 4.95. The van der Waals surface area contributed by atoms with Crippen LogP contribution in [0, 0.1) is 27.7 Å². The average molecular weight is 605 g/mol. The van der Waals surface area contributed by atoms with Gasteiger partial charge in [0.25, 0.3) is 0 Å². The second-order valence-electron chi connectivity index (χ2n) is 10.6. The zero-order valence-electron chi connectivity index (χ0n) is 24.0.